The quantitative estimate of drug-likeness (QED) is 0.878. The molecule has 1 atom stereocenters. The molecule has 104 valence electrons. The summed E-state index contributed by atoms with van der Waals surface area (Å²) in [7, 11) is 0. The number of aliphatic hydroxyl groups is 1. The van der Waals surface area contributed by atoms with Crippen LogP contribution < -0.4 is 5.32 Å². The summed E-state index contributed by atoms with van der Waals surface area (Å²) in [6, 6.07) is 4.59. The van der Waals surface area contributed by atoms with Crippen LogP contribution in [0.4, 0.5) is 4.39 Å². The first-order chi connectivity index (χ1) is 9.02. The van der Waals surface area contributed by atoms with Crippen molar-refractivity contribution in [2.75, 3.05) is 0 Å². The maximum absolute atomic E-state index is 13.4. The summed E-state index contributed by atoms with van der Waals surface area (Å²) in [5, 5.41) is 12.3. The zero-order chi connectivity index (χ0) is 14.0. The van der Waals surface area contributed by atoms with Gasteiger partial charge in [-0.15, -0.1) is 0 Å². The molecule has 19 heavy (non-hydrogen) atoms. The van der Waals surface area contributed by atoms with Crippen LogP contribution in [0.25, 0.3) is 0 Å². The average Bonchev–Trinajstić information content (AvgIpc) is 2.35. The van der Waals surface area contributed by atoms with Crippen molar-refractivity contribution in [3.05, 3.63) is 35.1 Å². The second-order valence-corrected chi connectivity index (χ2v) is 5.29. The number of halogens is 1. The smallest absolute Gasteiger partial charge is 0.251 e. The zero-order valence-corrected chi connectivity index (χ0v) is 11.3. The lowest BCUT2D eigenvalue weighted by Gasteiger charge is -2.37. The second kappa shape index (κ2) is 5.70. The summed E-state index contributed by atoms with van der Waals surface area (Å²) < 4.78 is 13.4. The Kier molecular flexibility index (Phi) is 4.20. The van der Waals surface area contributed by atoms with Crippen LogP contribution in [0.15, 0.2) is 18.2 Å². The molecule has 4 heteroatoms. The van der Waals surface area contributed by atoms with Crippen molar-refractivity contribution >= 4 is 5.91 Å². The molecule has 1 aromatic carbocycles. The van der Waals surface area contributed by atoms with Crippen LogP contribution in [0.1, 0.15) is 42.1 Å². The fraction of sp³-hybridized carbons (Fsp3) is 0.533. The highest BCUT2D eigenvalue weighted by Crippen LogP contribution is 2.31. The molecule has 1 amide bonds. The fourth-order valence-electron chi connectivity index (χ4n) is 2.61. The molecule has 1 aliphatic rings. The van der Waals surface area contributed by atoms with E-state index in [4.69, 9.17) is 0 Å². The number of nitrogens with one attached hydrogen (secondary N) is 1. The highest BCUT2D eigenvalue weighted by Gasteiger charge is 2.34. The lowest BCUT2D eigenvalue weighted by molar-refractivity contribution is 0.0232. The number of hydrogen-bond acceptors (Lipinski definition) is 2. The Morgan fingerprint density at radius 2 is 2.21 bits per heavy atom. The number of carbonyl (C=O) groups is 1. The fourth-order valence-corrected chi connectivity index (χ4v) is 2.61. The Hall–Kier alpha value is -1.42. The monoisotopic (exact) mass is 265 g/mol. The largest absolute Gasteiger partial charge is 0.393 e. The number of aliphatic hydroxyl groups excluding tert-OH is 1. The maximum atomic E-state index is 13.4. The van der Waals surface area contributed by atoms with Gasteiger partial charge in [0.15, 0.2) is 0 Å². The normalized spacial score (nSPS) is 23.6. The van der Waals surface area contributed by atoms with E-state index >= 15 is 0 Å². The average molecular weight is 265 g/mol. The van der Waals surface area contributed by atoms with Gasteiger partial charge in [-0.05, 0) is 49.8 Å². The van der Waals surface area contributed by atoms with Crippen LogP contribution in [0.2, 0.25) is 0 Å². The molecular formula is C15H20FNO2. The van der Waals surface area contributed by atoms with Crippen LogP contribution in [0.3, 0.4) is 0 Å². The van der Waals surface area contributed by atoms with Gasteiger partial charge in [0.25, 0.3) is 5.91 Å². The first kappa shape index (κ1) is 14.0. The van der Waals surface area contributed by atoms with Crippen LogP contribution >= 0.6 is 0 Å². The lowest BCUT2D eigenvalue weighted by Crippen LogP contribution is -2.46. The number of rotatable bonds is 4. The minimum atomic E-state index is -0.361. The Labute approximate surface area is 112 Å². The van der Waals surface area contributed by atoms with Crippen molar-refractivity contribution in [2.45, 2.75) is 45.3 Å². The molecule has 1 aromatic rings. The standard InChI is InChI=1S/C15H20FNO2/c1-3-14(10-7-11(18)8-10)17-15(19)12-5-4-6-13(16)9(12)2/h4-6,10-11,14,18H,3,7-8H2,1-2H3,(H,17,19)/t10?,11?,14-/m1/s1. The molecule has 0 radical (unpaired) electrons. The van der Waals surface area contributed by atoms with E-state index in [0.29, 0.717) is 17.0 Å². The van der Waals surface area contributed by atoms with Gasteiger partial charge in [0, 0.05) is 11.6 Å². The summed E-state index contributed by atoms with van der Waals surface area (Å²) in [5.41, 5.74) is 0.766. The highest BCUT2D eigenvalue weighted by molar-refractivity contribution is 5.95. The Morgan fingerprint density at radius 1 is 1.53 bits per heavy atom. The molecular weight excluding hydrogens is 245 g/mol. The summed E-state index contributed by atoms with van der Waals surface area (Å²) in [5.74, 6) is -0.261. The number of amides is 1. The molecule has 1 fully saturated rings. The van der Waals surface area contributed by atoms with Gasteiger partial charge in [0.1, 0.15) is 5.82 Å². The summed E-state index contributed by atoms with van der Waals surface area (Å²) in [6.07, 6.45) is 2.06. The van der Waals surface area contributed by atoms with Gasteiger partial charge in [-0.25, -0.2) is 4.39 Å². The van der Waals surface area contributed by atoms with E-state index in [0.717, 1.165) is 19.3 Å². The minimum Gasteiger partial charge on any atom is -0.393 e. The number of benzene rings is 1. The molecule has 2 N–H and O–H groups in total. The van der Waals surface area contributed by atoms with E-state index in [1.54, 1.807) is 19.1 Å². The van der Waals surface area contributed by atoms with Gasteiger partial charge in [-0.2, -0.15) is 0 Å². The van der Waals surface area contributed by atoms with Crippen LogP contribution in [-0.4, -0.2) is 23.2 Å². The predicted molar refractivity (Wildman–Crippen MR) is 71.4 cm³/mol. The molecule has 0 bridgehead atoms. The van der Waals surface area contributed by atoms with E-state index < -0.39 is 0 Å². The van der Waals surface area contributed by atoms with Crippen LogP contribution in [-0.2, 0) is 0 Å². The van der Waals surface area contributed by atoms with E-state index in [9.17, 15) is 14.3 Å². The van der Waals surface area contributed by atoms with Crippen molar-refractivity contribution in [3.63, 3.8) is 0 Å². The number of hydrogen-bond donors (Lipinski definition) is 2. The molecule has 0 spiro atoms. The van der Waals surface area contributed by atoms with Gasteiger partial charge in [-0.1, -0.05) is 13.0 Å². The lowest BCUT2D eigenvalue weighted by atomic mass is 9.76. The Bertz CT molecular complexity index is 469. The van der Waals surface area contributed by atoms with Crippen molar-refractivity contribution in [1.29, 1.82) is 0 Å². The van der Waals surface area contributed by atoms with E-state index in [2.05, 4.69) is 5.32 Å². The second-order valence-electron chi connectivity index (χ2n) is 5.29. The van der Waals surface area contributed by atoms with Crippen molar-refractivity contribution in [3.8, 4) is 0 Å². The third-order valence-corrected chi connectivity index (χ3v) is 3.99. The van der Waals surface area contributed by atoms with Crippen LogP contribution in [0, 0.1) is 18.7 Å². The number of carbonyl (C=O) groups excluding carboxylic acids is 1. The van der Waals surface area contributed by atoms with Gasteiger partial charge < -0.3 is 10.4 Å². The van der Waals surface area contributed by atoms with Crippen LogP contribution in [0.5, 0.6) is 0 Å². The van der Waals surface area contributed by atoms with E-state index in [1.807, 2.05) is 6.92 Å². The molecule has 0 heterocycles. The third kappa shape index (κ3) is 2.95. The Balaban J connectivity index is 2.05. The third-order valence-electron chi connectivity index (χ3n) is 3.99. The SMILES string of the molecule is CC[C@@H](NC(=O)c1cccc(F)c1C)C1CC(O)C1. The molecule has 0 aliphatic heterocycles. The van der Waals surface area contributed by atoms with Crippen molar-refractivity contribution in [1.82, 2.24) is 5.32 Å². The van der Waals surface area contributed by atoms with Crippen molar-refractivity contribution in [2.24, 2.45) is 5.92 Å². The van der Waals surface area contributed by atoms with Gasteiger partial charge >= 0.3 is 0 Å². The highest BCUT2D eigenvalue weighted by atomic mass is 19.1. The minimum absolute atomic E-state index is 0.0542. The van der Waals surface area contributed by atoms with E-state index in [1.165, 1.54) is 6.07 Å². The molecule has 3 nitrogen and oxygen atoms in total. The molecule has 0 saturated heterocycles. The zero-order valence-electron chi connectivity index (χ0n) is 11.3. The molecule has 0 unspecified atom stereocenters. The van der Waals surface area contributed by atoms with Gasteiger partial charge in [-0.3, -0.25) is 4.79 Å². The first-order valence-corrected chi connectivity index (χ1v) is 6.77. The van der Waals surface area contributed by atoms with Gasteiger partial charge in [0.05, 0.1) is 6.10 Å². The molecule has 0 aromatic heterocycles. The topological polar surface area (TPSA) is 49.3 Å². The molecule has 1 saturated carbocycles. The first-order valence-electron chi connectivity index (χ1n) is 6.77. The van der Waals surface area contributed by atoms with Gasteiger partial charge in [0.2, 0.25) is 0 Å². The summed E-state index contributed by atoms with van der Waals surface area (Å²) >= 11 is 0. The summed E-state index contributed by atoms with van der Waals surface area (Å²) in [4.78, 5) is 12.2. The molecule has 1 aliphatic carbocycles. The molecule has 2 rings (SSSR count). The van der Waals surface area contributed by atoms with Crippen molar-refractivity contribution < 1.29 is 14.3 Å². The maximum Gasteiger partial charge on any atom is 0.251 e. The summed E-state index contributed by atoms with van der Waals surface area (Å²) in [6.45, 7) is 3.62. The predicted octanol–water partition coefficient (Wildman–Crippen LogP) is 2.41. The Morgan fingerprint density at radius 3 is 2.79 bits per heavy atom. The van der Waals surface area contributed by atoms with E-state index in [-0.39, 0.29) is 23.9 Å².